The highest BCUT2D eigenvalue weighted by atomic mass is 35.5. The second-order valence-corrected chi connectivity index (χ2v) is 4.60. The quantitative estimate of drug-likeness (QED) is 0.652. The summed E-state index contributed by atoms with van der Waals surface area (Å²) in [5.74, 6) is 0. The number of halogens is 2. The van der Waals surface area contributed by atoms with Gasteiger partial charge in [0.2, 0.25) is 0 Å². The van der Waals surface area contributed by atoms with Gasteiger partial charge in [-0.1, -0.05) is 47.5 Å². The van der Waals surface area contributed by atoms with Gasteiger partial charge in [-0.25, -0.2) is 4.79 Å². The molecule has 4 N–H and O–H groups in total. The van der Waals surface area contributed by atoms with E-state index in [0.717, 1.165) is 0 Å². The van der Waals surface area contributed by atoms with Crippen molar-refractivity contribution in [2.24, 2.45) is 0 Å². The van der Waals surface area contributed by atoms with Gasteiger partial charge in [-0.3, -0.25) is 21.7 Å². The molecular weight excluding hydrogens is 299 g/mol. The van der Waals surface area contributed by atoms with E-state index in [1.807, 2.05) is 0 Å². The number of carbonyl (C=O) groups excluding carboxylic acids is 1. The van der Waals surface area contributed by atoms with Gasteiger partial charge in [0.05, 0.1) is 21.4 Å². The first-order valence-corrected chi connectivity index (χ1v) is 6.49. The third-order valence-corrected chi connectivity index (χ3v) is 3.03. The standard InChI is InChI=1S/C13H12Cl2N4O/c14-9-5-1-3-7-11(9)16-18-13(20)19-17-12-8-4-2-6-10(12)15/h1-8,16-17H,(H2,18,19,20). The van der Waals surface area contributed by atoms with Crippen molar-refractivity contribution < 1.29 is 4.79 Å². The molecule has 0 spiro atoms. The second kappa shape index (κ2) is 6.88. The van der Waals surface area contributed by atoms with Crippen LogP contribution in [0.25, 0.3) is 0 Å². The van der Waals surface area contributed by atoms with Gasteiger partial charge in [-0.05, 0) is 24.3 Å². The molecule has 0 atom stereocenters. The normalized spacial score (nSPS) is 9.70. The summed E-state index contributed by atoms with van der Waals surface area (Å²) >= 11 is 11.9. The Labute approximate surface area is 126 Å². The fourth-order valence-corrected chi connectivity index (χ4v) is 1.77. The molecule has 0 saturated carbocycles. The van der Waals surface area contributed by atoms with E-state index in [2.05, 4.69) is 21.7 Å². The number of hydrogen-bond acceptors (Lipinski definition) is 3. The number of hydrazine groups is 2. The van der Waals surface area contributed by atoms with Crippen LogP contribution in [0, 0.1) is 0 Å². The molecule has 0 aromatic heterocycles. The Hall–Kier alpha value is -2.11. The lowest BCUT2D eigenvalue weighted by atomic mass is 10.3. The third kappa shape index (κ3) is 3.94. The van der Waals surface area contributed by atoms with E-state index in [9.17, 15) is 4.79 Å². The molecule has 0 heterocycles. The zero-order valence-corrected chi connectivity index (χ0v) is 11.8. The minimum atomic E-state index is -0.482. The molecular formula is C13H12Cl2N4O. The molecule has 2 rings (SSSR count). The summed E-state index contributed by atoms with van der Waals surface area (Å²) in [5.41, 5.74) is 11.5. The Morgan fingerprint density at radius 1 is 0.750 bits per heavy atom. The molecule has 0 aliphatic carbocycles. The number of para-hydroxylation sites is 2. The lowest BCUT2D eigenvalue weighted by Gasteiger charge is -2.12. The summed E-state index contributed by atoms with van der Waals surface area (Å²) in [7, 11) is 0. The van der Waals surface area contributed by atoms with Gasteiger partial charge in [0.15, 0.2) is 0 Å². The van der Waals surface area contributed by atoms with Crippen molar-refractivity contribution >= 4 is 40.6 Å². The molecule has 0 saturated heterocycles. The monoisotopic (exact) mass is 310 g/mol. The number of benzene rings is 2. The van der Waals surface area contributed by atoms with Gasteiger partial charge >= 0.3 is 6.03 Å². The zero-order chi connectivity index (χ0) is 14.4. The van der Waals surface area contributed by atoms with Crippen LogP contribution in [0.2, 0.25) is 10.0 Å². The molecule has 0 radical (unpaired) electrons. The molecule has 0 aliphatic rings. The first-order chi connectivity index (χ1) is 9.66. The molecule has 0 aliphatic heterocycles. The fourth-order valence-electron chi connectivity index (χ4n) is 1.40. The van der Waals surface area contributed by atoms with Gasteiger partial charge < -0.3 is 0 Å². The van der Waals surface area contributed by atoms with Crippen LogP contribution >= 0.6 is 23.2 Å². The van der Waals surface area contributed by atoms with Crippen LogP contribution in [0.3, 0.4) is 0 Å². The predicted molar refractivity (Wildman–Crippen MR) is 81.8 cm³/mol. The van der Waals surface area contributed by atoms with Crippen LogP contribution in [0.5, 0.6) is 0 Å². The van der Waals surface area contributed by atoms with Crippen LogP contribution in [-0.4, -0.2) is 6.03 Å². The molecule has 5 nitrogen and oxygen atoms in total. The zero-order valence-electron chi connectivity index (χ0n) is 10.3. The minimum absolute atomic E-state index is 0.482. The van der Waals surface area contributed by atoms with Crippen LogP contribution in [-0.2, 0) is 0 Å². The summed E-state index contributed by atoms with van der Waals surface area (Å²) < 4.78 is 0. The first-order valence-electron chi connectivity index (χ1n) is 5.74. The number of amides is 2. The maximum Gasteiger partial charge on any atom is 0.352 e. The van der Waals surface area contributed by atoms with E-state index >= 15 is 0 Å². The van der Waals surface area contributed by atoms with Crippen molar-refractivity contribution in [3.63, 3.8) is 0 Å². The van der Waals surface area contributed by atoms with Crippen molar-refractivity contribution in [1.82, 2.24) is 10.9 Å². The average Bonchev–Trinajstić information content (AvgIpc) is 2.45. The Kier molecular flexibility index (Phi) is 4.92. The minimum Gasteiger partial charge on any atom is -0.296 e. The molecule has 2 aromatic rings. The largest absolute Gasteiger partial charge is 0.352 e. The smallest absolute Gasteiger partial charge is 0.296 e. The van der Waals surface area contributed by atoms with Crippen LogP contribution in [0.1, 0.15) is 0 Å². The van der Waals surface area contributed by atoms with E-state index in [1.165, 1.54) is 0 Å². The Morgan fingerprint density at radius 3 is 1.55 bits per heavy atom. The van der Waals surface area contributed by atoms with Gasteiger partial charge in [-0.2, -0.15) is 0 Å². The third-order valence-electron chi connectivity index (χ3n) is 2.37. The summed E-state index contributed by atoms with van der Waals surface area (Å²) in [4.78, 5) is 11.6. The van der Waals surface area contributed by atoms with Crippen molar-refractivity contribution in [3.8, 4) is 0 Å². The van der Waals surface area contributed by atoms with Gasteiger partial charge in [0.1, 0.15) is 0 Å². The molecule has 20 heavy (non-hydrogen) atoms. The molecule has 0 bridgehead atoms. The summed E-state index contributed by atoms with van der Waals surface area (Å²) in [5, 5.41) is 1.01. The van der Waals surface area contributed by atoms with Crippen LogP contribution in [0.15, 0.2) is 48.5 Å². The Bertz CT molecular complexity index is 555. The van der Waals surface area contributed by atoms with E-state index in [-0.39, 0.29) is 0 Å². The van der Waals surface area contributed by atoms with Crippen LogP contribution in [0.4, 0.5) is 16.2 Å². The second-order valence-electron chi connectivity index (χ2n) is 3.79. The molecule has 2 amide bonds. The molecule has 0 unspecified atom stereocenters. The van der Waals surface area contributed by atoms with Crippen molar-refractivity contribution in [2.75, 3.05) is 10.9 Å². The average molecular weight is 311 g/mol. The van der Waals surface area contributed by atoms with E-state index < -0.39 is 6.03 Å². The summed E-state index contributed by atoms with van der Waals surface area (Å²) in [6.07, 6.45) is 0. The number of anilines is 2. The molecule has 2 aromatic carbocycles. The number of carbonyl (C=O) groups is 1. The van der Waals surface area contributed by atoms with Crippen molar-refractivity contribution in [3.05, 3.63) is 58.6 Å². The van der Waals surface area contributed by atoms with Gasteiger partial charge in [-0.15, -0.1) is 0 Å². The first kappa shape index (κ1) is 14.3. The Balaban J connectivity index is 1.82. The van der Waals surface area contributed by atoms with Crippen LogP contribution < -0.4 is 21.7 Å². The number of rotatable bonds is 4. The predicted octanol–water partition coefficient (Wildman–Crippen LogP) is 3.65. The van der Waals surface area contributed by atoms with Crippen molar-refractivity contribution in [2.45, 2.75) is 0 Å². The molecule has 104 valence electrons. The number of nitrogens with one attached hydrogen (secondary N) is 4. The van der Waals surface area contributed by atoms with E-state index in [4.69, 9.17) is 23.2 Å². The summed E-state index contributed by atoms with van der Waals surface area (Å²) in [6, 6.07) is 13.6. The maximum atomic E-state index is 11.6. The molecule has 7 heteroatoms. The SMILES string of the molecule is O=C(NNc1ccccc1Cl)NNc1ccccc1Cl. The highest BCUT2D eigenvalue weighted by Gasteiger charge is 2.03. The number of urea groups is 1. The molecule has 0 fully saturated rings. The highest BCUT2D eigenvalue weighted by molar-refractivity contribution is 6.33. The maximum absolute atomic E-state index is 11.6. The highest BCUT2D eigenvalue weighted by Crippen LogP contribution is 2.20. The number of hydrogen-bond donors (Lipinski definition) is 4. The van der Waals surface area contributed by atoms with E-state index in [1.54, 1.807) is 48.5 Å². The van der Waals surface area contributed by atoms with E-state index in [0.29, 0.717) is 21.4 Å². The topological polar surface area (TPSA) is 65.2 Å². The summed E-state index contributed by atoms with van der Waals surface area (Å²) in [6.45, 7) is 0. The lowest BCUT2D eigenvalue weighted by Crippen LogP contribution is -2.41. The fraction of sp³-hybridized carbons (Fsp3) is 0. The van der Waals surface area contributed by atoms with Gasteiger partial charge in [0.25, 0.3) is 0 Å². The van der Waals surface area contributed by atoms with Crippen molar-refractivity contribution in [1.29, 1.82) is 0 Å². The Morgan fingerprint density at radius 2 is 1.15 bits per heavy atom. The van der Waals surface area contributed by atoms with Gasteiger partial charge in [0, 0.05) is 0 Å². The lowest BCUT2D eigenvalue weighted by molar-refractivity contribution is 0.244.